The van der Waals surface area contributed by atoms with Crippen LogP contribution in [0.1, 0.15) is 21.6 Å². The average molecular weight is 435 g/mol. The van der Waals surface area contributed by atoms with E-state index in [1.165, 1.54) is 6.07 Å². The highest BCUT2D eigenvalue weighted by atomic mass is 16.5. The molecule has 2 aliphatic rings. The zero-order chi connectivity index (χ0) is 22.4. The fraction of sp³-hybridized carbons (Fsp3) is 0.292. The minimum atomic E-state index is -0.416. The Morgan fingerprint density at radius 1 is 1.16 bits per heavy atom. The van der Waals surface area contributed by atoms with E-state index in [4.69, 9.17) is 9.47 Å². The summed E-state index contributed by atoms with van der Waals surface area (Å²) in [6.07, 6.45) is 1.71. The fourth-order valence-electron chi connectivity index (χ4n) is 4.30. The van der Waals surface area contributed by atoms with E-state index in [1.807, 2.05) is 18.2 Å². The van der Waals surface area contributed by atoms with Gasteiger partial charge in [-0.3, -0.25) is 9.69 Å². The molecule has 0 aliphatic carbocycles. The molecule has 0 atom stereocenters. The average Bonchev–Trinajstić information content (AvgIpc) is 3.26. The number of carbonyl (C=O) groups is 1. The highest BCUT2D eigenvalue weighted by Crippen LogP contribution is 2.41. The SMILES string of the molecule is COc1ccc2[nH]c(CN3CCN(C)CC3)c(C=C3Oc4cc(O)cc(O)c4C3=O)c2c1. The van der Waals surface area contributed by atoms with E-state index in [2.05, 4.69) is 21.8 Å². The third-order valence-corrected chi connectivity index (χ3v) is 6.12. The van der Waals surface area contributed by atoms with Gasteiger partial charge in [-0.15, -0.1) is 0 Å². The summed E-state index contributed by atoms with van der Waals surface area (Å²) >= 11 is 0. The number of benzene rings is 2. The first kappa shape index (κ1) is 20.4. The maximum atomic E-state index is 13.0. The number of phenols is 2. The van der Waals surface area contributed by atoms with Crippen LogP contribution >= 0.6 is 0 Å². The van der Waals surface area contributed by atoms with Gasteiger partial charge in [-0.05, 0) is 31.3 Å². The van der Waals surface area contributed by atoms with Crippen LogP contribution in [0.5, 0.6) is 23.0 Å². The Kier molecular flexibility index (Phi) is 5.03. The van der Waals surface area contributed by atoms with Gasteiger partial charge < -0.3 is 29.6 Å². The lowest BCUT2D eigenvalue weighted by Gasteiger charge is -2.32. The molecule has 0 bridgehead atoms. The van der Waals surface area contributed by atoms with Crippen LogP contribution in [0.25, 0.3) is 17.0 Å². The molecule has 0 saturated carbocycles. The number of nitrogens with zero attached hydrogens (tertiary/aromatic N) is 2. The van der Waals surface area contributed by atoms with Crippen molar-refractivity contribution in [3.63, 3.8) is 0 Å². The van der Waals surface area contributed by atoms with Crippen molar-refractivity contribution in [3.05, 3.63) is 52.9 Å². The van der Waals surface area contributed by atoms with Crippen molar-refractivity contribution in [2.24, 2.45) is 0 Å². The number of ether oxygens (including phenoxy) is 2. The first-order valence-electron chi connectivity index (χ1n) is 10.5. The van der Waals surface area contributed by atoms with E-state index in [0.717, 1.165) is 54.4 Å². The number of hydrogen-bond acceptors (Lipinski definition) is 7. The minimum Gasteiger partial charge on any atom is -0.508 e. The molecule has 0 radical (unpaired) electrons. The number of aromatic nitrogens is 1. The van der Waals surface area contributed by atoms with Crippen LogP contribution in [0.15, 0.2) is 36.1 Å². The van der Waals surface area contributed by atoms with Crippen LogP contribution in [-0.2, 0) is 6.54 Å². The van der Waals surface area contributed by atoms with Crippen LogP contribution in [0, 0.1) is 0 Å². The van der Waals surface area contributed by atoms with Crippen LogP contribution in [-0.4, -0.2) is 71.1 Å². The number of hydrogen-bond donors (Lipinski definition) is 3. The van der Waals surface area contributed by atoms with Crippen LogP contribution in [0.3, 0.4) is 0 Å². The number of methoxy groups -OCH3 is 1. The van der Waals surface area contributed by atoms with E-state index in [1.54, 1.807) is 13.2 Å². The lowest BCUT2D eigenvalue weighted by Crippen LogP contribution is -2.44. The number of fused-ring (bicyclic) bond motifs is 2. The molecule has 0 amide bonds. The first-order chi connectivity index (χ1) is 15.4. The van der Waals surface area contributed by atoms with Gasteiger partial charge in [-0.2, -0.15) is 0 Å². The molecule has 1 fully saturated rings. The summed E-state index contributed by atoms with van der Waals surface area (Å²) in [5.74, 6) is 0.0858. The van der Waals surface area contributed by atoms with Crippen molar-refractivity contribution in [2.45, 2.75) is 6.54 Å². The van der Waals surface area contributed by atoms with Crippen LogP contribution < -0.4 is 9.47 Å². The number of aromatic hydroxyl groups is 2. The standard InChI is InChI=1S/C24H25N3O5/c1-26-5-7-27(8-6-26)13-19-17(16-11-15(31-2)3-4-18(16)25-19)12-22-24(30)23-20(29)9-14(28)10-21(23)32-22/h3-4,9-12,25,28-29H,5-8,13H2,1-2H3. The van der Waals surface area contributed by atoms with Gasteiger partial charge in [0.2, 0.25) is 5.78 Å². The minimum absolute atomic E-state index is 0.0621. The number of phenolic OH excluding ortho intramolecular Hbond substituents is 2. The fourth-order valence-corrected chi connectivity index (χ4v) is 4.30. The topological polar surface area (TPSA) is 98.3 Å². The van der Waals surface area contributed by atoms with Crippen molar-refractivity contribution in [2.75, 3.05) is 40.3 Å². The molecule has 0 unspecified atom stereocenters. The molecule has 3 heterocycles. The predicted octanol–water partition coefficient (Wildman–Crippen LogP) is 2.95. The largest absolute Gasteiger partial charge is 0.508 e. The molecule has 32 heavy (non-hydrogen) atoms. The molecule has 3 N–H and O–H groups in total. The van der Waals surface area contributed by atoms with Gasteiger partial charge in [0.15, 0.2) is 5.76 Å². The molecule has 2 aliphatic heterocycles. The van der Waals surface area contributed by atoms with Gasteiger partial charge in [-0.1, -0.05) is 0 Å². The monoisotopic (exact) mass is 435 g/mol. The second-order valence-electron chi connectivity index (χ2n) is 8.29. The van der Waals surface area contributed by atoms with E-state index in [9.17, 15) is 15.0 Å². The Morgan fingerprint density at radius 3 is 2.69 bits per heavy atom. The maximum absolute atomic E-state index is 13.0. The van der Waals surface area contributed by atoms with Gasteiger partial charge in [-0.25, -0.2) is 0 Å². The van der Waals surface area contributed by atoms with Crippen molar-refractivity contribution >= 4 is 22.8 Å². The third kappa shape index (κ3) is 3.57. The van der Waals surface area contributed by atoms with Gasteiger partial charge in [0.1, 0.15) is 28.6 Å². The number of rotatable bonds is 4. The molecular formula is C24H25N3O5. The molecule has 3 aromatic rings. The highest BCUT2D eigenvalue weighted by molar-refractivity contribution is 6.17. The maximum Gasteiger partial charge on any atom is 0.235 e. The molecule has 166 valence electrons. The lowest BCUT2D eigenvalue weighted by atomic mass is 10.1. The molecule has 1 saturated heterocycles. The summed E-state index contributed by atoms with van der Waals surface area (Å²) in [4.78, 5) is 21.1. The van der Waals surface area contributed by atoms with E-state index in [0.29, 0.717) is 12.3 Å². The van der Waals surface area contributed by atoms with E-state index >= 15 is 0 Å². The molecule has 2 aromatic carbocycles. The Labute approximate surface area is 185 Å². The summed E-state index contributed by atoms with van der Waals surface area (Å²) in [5, 5.41) is 20.8. The Morgan fingerprint density at radius 2 is 1.94 bits per heavy atom. The number of allylic oxidation sites excluding steroid dienone is 1. The highest BCUT2D eigenvalue weighted by Gasteiger charge is 2.32. The van der Waals surface area contributed by atoms with Crippen LogP contribution in [0.4, 0.5) is 0 Å². The quantitative estimate of drug-likeness (QED) is 0.542. The summed E-state index contributed by atoms with van der Waals surface area (Å²) in [7, 11) is 3.74. The Bertz CT molecular complexity index is 1240. The smallest absolute Gasteiger partial charge is 0.235 e. The van der Waals surface area contributed by atoms with E-state index < -0.39 is 5.78 Å². The zero-order valence-corrected chi connectivity index (χ0v) is 18.0. The number of aromatic amines is 1. The van der Waals surface area contributed by atoms with Crippen molar-refractivity contribution in [1.29, 1.82) is 0 Å². The van der Waals surface area contributed by atoms with Crippen molar-refractivity contribution in [1.82, 2.24) is 14.8 Å². The number of likely N-dealkylation sites (N-methyl/N-ethyl adjacent to an activating group) is 1. The van der Waals surface area contributed by atoms with Gasteiger partial charge in [0.25, 0.3) is 0 Å². The number of ketones is 1. The predicted molar refractivity (Wildman–Crippen MR) is 120 cm³/mol. The number of Topliss-reactive ketones (excluding diaryl/α,β-unsaturated/α-hetero) is 1. The number of carbonyl (C=O) groups excluding carboxylic acids is 1. The van der Waals surface area contributed by atoms with Crippen molar-refractivity contribution in [3.8, 4) is 23.0 Å². The Hall–Kier alpha value is -3.49. The second-order valence-corrected chi connectivity index (χ2v) is 8.29. The van der Waals surface area contributed by atoms with Crippen LogP contribution in [0.2, 0.25) is 0 Å². The summed E-state index contributed by atoms with van der Waals surface area (Å²) in [5.41, 5.74) is 2.82. The Balaban J connectivity index is 1.57. The number of H-pyrrole nitrogens is 1. The molecule has 8 nitrogen and oxygen atoms in total. The van der Waals surface area contributed by atoms with Crippen molar-refractivity contribution < 1.29 is 24.5 Å². The second kappa shape index (κ2) is 7.89. The molecular weight excluding hydrogens is 410 g/mol. The summed E-state index contributed by atoms with van der Waals surface area (Å²) in [6, 6.07) is 8.25. The lowest BCUT2D eigenvalue weighted by molar-refractivity contribution is 0.101. The number of piperazine rings is 1. The molecule has 8 heteroatoms. The number of nitrogens with one attached hydrogen (secondary N) is 1. The van der Waals surface area contributed by atoms with Gasteiger partial charge in [0, 0.05) is 67.0 Å². The van der Waals surface area contributed by atoms with Gasteiger partial charge in [0.05, 0.1) is 7.11 Å². The van der Waals surface area contributed by atoms with Gasteiger partial charge >= 0.3 is 0 Å². The normalized spacial score (nSPS) is 18.3. The first-order valence-corrected chi connectivity index (χ1v) is 10.5. The zero-order valence-electron chi connectivity index (χ0n) is 18.0. The van der Waals surface area contributed by atoms with E-state index in [-0.39, 0.29) is 28.6 Å². The summed E-state index contributed by atoms with van der Waals surface area (Å²) < 4.78 is 11.2. The third-order valence-electron chi connectivity index (χ3n) is 6.12. The molecule has 0 spiro atoms. The molecule has 1 aromatic heterocycles. The summed E-state index contributed by atoms with van der Waals surface area (Å²) in [6.45, 7) is 4.63. The molecule has 5 rings (SSSR count).